The summed E-state index contributed by atoms with van der Waals surface area (Å²) >= 11 is 1.21. The number of H-pyrrole nitrogens is 1. The van der Waals surface area contributed by atoms with Crippen LogP contribution in [-0.2, 0) is 4.79 Å². The second-order valence-corrected chi connectivity index (χ2v) is 6.66. The van der Waals surface area contributed by atoms with Crippen molar-refractivity contribution in [1.82, 2.24) is 20.1 Å². The molecule has 1 aliphatic rings. The number of rotatable bonds is 6. The van der Waals surface area contributed by atoms with E-state index >= 15 is 0 Å². The molecule has 0 aliphatic heterocycles. The number of aromatic amines is 1. The van der Waals surface area contributed by atoms with E-state index in [9.17, 15) is 14.9 Å². The molecule has 1 aliphatic carbocycles. The Labute approximate surface area is 127 Å². The Morgan fingerprint density at radius 1 is 1.67 bits per heavy atom. The second-order valence-electron chi connectivity index (χ2n) is 5.72. The Hall–Kier alpha value is -1.75. The van der Waals surface area contributed by atoms with Crippen LogP contribution < -0.4 is 11.0 Å². The minimum absolute atomic E-state index is 0.00600. The number of aromatic nitrogens is 3. The number of nitrogens with one attached hydrogen (secondary N) is 2. The van der Waals surface area contributed by atoms with Gasteiger partial charge < -0.3 is 5.32 Å². The van der Waals surface area contributed by atoms with Gasteiger partial charge in [0.25, 0.3) is 0 Å². The molecule has 1 atom stereocenters. The molecule has 1 aromatic rings. The molecule has 0 saturated heterocycles. The molecule has 1 fully saturated rings. The van der Waals surface area contributed by atoms with E-state index in [4.69, 9.17) is 0 Å². The first-order chi connectivity index (χ1) is 9.87. The Balaban J connectivity index is 1.96. The van der Waals surface area contributed by atoms with Crippen LogP contribution in [0.5, 0.6) is 0 Å². The average Bonchev–Trinajstić information content (AvgIpc) is 3.20. The highest BCUT2D eigenvalue weighted by Crippen LogP contribution is 2.35. The van der Waals surface area contributed by atoms with Crippen molar-refractivity contribution in [3.8, 4) is 6.07 Å². The van der Waals surface area contributed by atoms with Crippen molar-refractivity contribution < 1.29 is 4.79 Å². The van der Waals surface area contributed by atoms with E-state index in [2.05, 4.69) is 21.6 Å². The molecule has 1 amide bonds. The van der Waals surface area contributed by atoms with Crippen molar-refractivity contribution in [1.29, 1.82) is 5.26 Å². The van der Waals surface area contributed by atoms with Gasteiger partial charge in [0, 0.05) is 6.04 Å². The average molecular weight is 309 g/mol. The summed E-state index contributed by atoms with van der Waals surface area (Å²) in [5.74, 6) is -0.108. The summed E-state index contributed by atoms with van der Waals surface area (Å²) in [4.78, 5) is 23.6. The van der Waals surface area contributed by atoms with Gasteiger partial charge in [-0.15, -0.1) is 5.10 Å². The largest absolute Gasteiger partial charge is 0.344 e. The van der Waals surface area contributed by atoms with Crippen LogP contribution in [0.1, 0.15) is 39.7 Å². The zero-order chi connectivity index (χ0) is 15.6. The second kappa shape index (κ2) is 5.93. The number of carbonyl (C=O) groups is 1. The fourth-order valence-corrected chi connectivity index (χ4v) is 2.62. The predicted molar refractivity (Wildman–Crippen MR) is 78.8 cm³/mol. The maximum absolute atomic E-state index is 12.0. The van der Waals surface area contributed by atoms with Crippen molar-refractivity contribution in [3.63, 3.8) is 0 Å². The summed E-state index contributed by atoms with van der Waals surface area (Å²) in [6.07, 6.45) is 1.94. The highest BCUT2D eigenvalue weighted by atomic mass is 32.2. The number of carbonyl (C=O) groups excluding carboxylic acids is 1. The lowest BCUT2D eigenvalue weighted by Gasteiger charge is -2.27. The Bertz CT molecular complexity index is 625. The Morgan fingerprint density at radius 2 is 2.33 bits per heavy atom. The van der Waals surface area contributed by atoms with Crippen molar-refractivity contribution in [2.24, 2.45) is 5.92 Å². The van der Waals surface area contributed by atoms with Gasteiger partial charge in [0.1, 0.15) is 5.54 Å². The fourth-order valence-electron chi connectivity index (χ4n) is 1.80. The summed E-state index contributed by atoms with van der Waals surface area (Å²) in [5, 5.41) is 18.8. The number of hydrogen-bond donors (Lipinski definition) is 2. The fraction of sp³-hybridized carbons (Fsp3) is 0.692. The van der Waals surface area contributed by atoms with Crippen LogP contribution in [0.15, 0.2) is 9.95 Å². The van der Waals surface area contributed by atoms with E-state index in [1.54, 1.807) is 11.5 Å². The van der Waals surface area contributed by atoms with E-state index in [1.807, 2.05) is 13.8 Å². The highest BCUT2D eigenvalue weighted by molar-refractivity contribution is 7.99. The van der Waals surface area contributed by atoms with Crippen LogP contribution in [-0.4, -0.2) is 32.0 Å². The monoisotopic (exact) mass is 309 g/mol. The molecule has 0 radical (unpaired) electrons. The summed E-state index contributed by atoms with van der Waals surface area (Å²) < 4.78 is 1.60. The van der Waals surface area contributed by atoms with Crippen LogP contribution in [0.3, 0.4) is 0 Å². The first-order valence-electron chi connectivity index (χ1n) is 6.89. The third kappa shape index (κ3) is 3.47. The zero-order valence-corrected chi connectivity index (χ0v) is 13.2. The lowest BCUT2D eigenvalue weighted by atomic mass is 9.90. The van der Waals surface area contributed by atoms with Crippen LogP contribution in [0.4, 0.5) is 0 Å². The molecule has 1 unspecified atom stereocenters. The van der Waals surface area contributed by atoms with Gasteiger partial charge in [-0.05, 0) is 25.7 Å². The normalized spacial score (nSPS) is 17.3. The third-order valence-electron chi connectivity index (χ3n) is 3.70. The number of hydrogen-bond acceptors (Lipinski definition) is 5. The number of amides is 1. The summed E-state index contributed by atoms with van der Waals surface area (Å²) in [6, 6.07) is 2.34. The van der Waals surface area contributed by atoms with Gasteiger partial charge in [-0.25, -0.2) is 9.89 Å². The molecule has 1 aromatic heterocycles. The van der Waals surface area contributed by atoms with Crippen LogP contribution >= 0.6 is 11.8 Å². The quantitative estimate of drug-likeness (QED) is 0.765. The maximum Gasteiger partial charge on any atom is 0.344 e. The van der Waals surface area contributed by atoms with Crippen molar-refractivity contribution in [3.05, 3.63) is 10.5 Å². The Morgan fingerprint density at radius 3 is 2.86 bits per heavy atom. The van der Waals surface area contributed by atoms with Gasteiger partial charge in [-0.1, -0.05) is 25.6 Å². The molecule has 0 bridgehead atoms. The molecule has 0 spiro atoms. The van der Waals surface area contributed by atoms with E-state index in [-0.39, 0.29) is 29.3 Å². The van der Waals surface area contributed by atoms with Crippen molar-refractivity contribution in [2.45, 2.75) is 50.4 Å². The summed E-state index contributed by atoms with van der Waals surface area (Å²) in [5.41, 5.74) is -1.12. The summed E-state index contributed by atoms with van der Waals surface area (Å²) in [6.45, 7) is 5.47. The standard InChI is InChI=1S/C13H19N5O2S/c1-8(2)13(3,7-14)15-10(19)6-21-12-17-16-11(20)18(12)9-4-5-9/h8-9H,4-6H2,1-3H3,(H,15,19)(H,16,20). The van der Waals surface area contributed by atoms with Crippen molar-refractivity contribution >= 4 is 17.7 Å². The van der Waals surface area contributed by atoms with Crippen LogP contribution in [0, 0.1) is 17.2 Å². The number of thioether (sulfide) groups is 1. The molecule has 21 heavy (non-hydrogen) atoms. The maximum atomic E-state index is 12.0. The minimum Gasteiger partial charge on any atom is -0.337 e. The van der Waals surface area contributed by atoms with E-state index in [0.717, 1.165) is 12.8 Å². The molecule has 2 N–H and O–H groups in total. The third-order valence-corrected chi connectivity index (χ3v) is 4.66. The minimum atomic E-state index is -0.890. The molecule has 7 nitrogen and oxygen atoms in total. The number of nitriles is 1. The van der Waals surface area contributed by atoms with E-state index < -0.39 is 5.54 Å². The predicted octanol–water partition coefficient (Wildman–Crippen LogP) is 1.05. The zero-order valence-electron chi connectivity index (χ0n) is 12.3. The Kier molecular flexibility index (Phi) is 4.42. The SMILES string of the molecule is CC(C)C(C)(C#N)NC(=O)CSc1n[nH]c(=O)n1C1CC1. The van der Waals surface area contributed by atoms with Crippen LogP contribution in [0.25, 0.3) is 0 Å². The molecule has 0 aromatic carbocycles. The molecular weight excluding hydrogens is 290 g/mol. The van der Waals surface area contributed by atoms with Gasteiger partial charge in [0.15, 0.2) is 5.16 Å². The van der Waals surface area contributed by atoms with Gasteiger partial charge in [-0.3, -0.25) is 9.36 Å². The summed E-state index contributed by atoms with van der Waals surface area (Å²) in [7, 11) is 0. The molecule has 2 rings (SSSR count). The first-order valence-corrected chi connectivity index (χ1v) is 7.88. The smallest absolute Gasteiger partial charge is 0.337 e. The highest BCUT2D eigenvalue weighted by Gasteiger charge is 2.31. The van der Waals surface area contributed by atoms with E-state index in [0.29, 0.717) is 5.16 Å². The van der Waals surface area contributed by atoms with Gasteiger partial charge >= 0.3 is 5.69 Å². The molecular formula is C13H19N5O2S. The molecule has 1 saturated carbocycles. The van der Waals surface area contributed by atoms with Gasteiger partial charge in [0.05, 0.1) is 11.8 Å². The van der Waals surface area contributed by atoms with Gasteiger partial charge in [-0.2, -0.15) is 5.26 Å². The molecule has 8 heteroatoms. The topological polar surface area (TPSA) is 104 Å². The van der Waals surface area contributed by atoms with Crippen LogP contribution in [0.2, 0.25) is 0 Å². The molecule has 114 valence electrons. The lowest BCUT2D eigenvalue weighted by Crippen LogP contribution is -2.49. The first kappa shape index (κ1) is 15.6. The molecule has 1 heterocycles. The lowest BCUT2D eigenvalue weighted by molar-refractivity contribution is -0.120. The van der Waals surface area contributed by atoms with E-state index in [1.165, 1.54) is 11.8 Å². The van der Waals surface area contributed by atoms with Crippen molar-refractivity contribution in [2.75, 3.05) is 5.75 Å². The van der Waals surface area contributed by atoms with Gasteiger partial charge in [0.2, 0.25) is 5.91 Å². The number of nitrogens with zero attached hydrogens (tertiary/aromatic N) is 3.